The van der Waals surface area contributed by atoms with Crippen molar-refractivity contribution in [2.45, 2.75) is 27.3 Å². The summed E-state index contributed by atoms with van der Waals surface area (Å²) >= 11 is 0. The molecule has 0 aromatic carbocycles. The Hall–Kier alpha value is -1.00. The molecule has 1 saturated heterocycles. The van der Waals surface area contributed by atoms with E-state index in [0.29, 0.717) is 0 Å². The number of hydrogen-bond acceptors (Lipinski definition) is 4. The fourth-order valence-electron chi connectivity index (χ4n) is 2.13. The molecule has 1 fully saturated rings. The summed E-state index contributed by atoms with van der Waals surface area (Å²) in [5.74, 6) is 0. The van der Waals surface area contributed by atoms with Crippen molar-refractivity contribution in [3.8, 4) is 0 Å². The van der Waals surface area contributed by atoms with Crippen LogP contribution in [0.4, 0.5) is 0 Å². The van der Waals surface area contributed by atoms with Gasteiger partial charge in [0.15, 0.2) is 0 Å². The van der Waals surface area contributed by atoms with Gasteiger partial charge >= 0.3 is 0 Å². The number of hydrogen-bond donors (Lipinski definition) is 0. The maximum atomic E-state index is 4.67. The Morgan fingerprint density at radius 2 is 1.47 bits per heavy atom. The highest BCUT2D eigenvalue weighted by atomic mass is 15.2. The van der Waals surface area contributed by atoms with E-state index < -0.39 is 0 Å². The monoisotopic (exact) mass is 234 g/mol. The summed E-state index contributed by atoms with van der Waals surface area (Å²) in [4.78, 5) is 14.1. The van der Waals surface area contributed by atoms with E-state index in [0.717, 1.165) is 55.5 Å². The molecular formula is C13H22N4. The second kappa shape index (κ2) is 5.10. The van der Waals surface area contributed by atoms with Crippen LogP contribution in [0.5, 0.6) is 0 Å². The summed E-state index contributed by atoms with van der Waals surface area (Å²) in [5.41, 5.74) is 4.31. The molecule has 94 valence electrons. The number of piperazine rings is 1. The summed E-state index contributed by atoms with van der Waals surface area (Å²) in [7, 11) is 2.18. The van der Waals surface area contributed by atoms with Gasteiger partial charge in [0.25, 0.3) is 0 Å². The Labute approximate surface area is 104 Å². The molecule has 2 rings (SSSR count). The van der Waals surface area contributed by atoms with Gasteiger partial charge in [-0.15, -0.1) is 0 Å². The molecule has 0 spiro atoms. The van der Waals surface area contributed by atoms with Crippen LogP contribution in [0, 0.1) is 20.8 Å². The molecule has 0 saturated carbocycles. The maximum Gasteiger partial charge on any atom is 0.0759 e. The van der Waals surface area contributed by atoms with E-state index >= 15 is 0 Å². The van der Waals surface area contributed by atoms with Crippen LogP contribution < -0.4 is 0 Å². The lowest BCUT2D eigenvalue weighted by Crippen LogP contribution is -2.44. The summed E-state index contributed by atoms with van der Waals surface area (Å²) < 4.78 is 0. The van der Waals surface area contributed by atoms with Crippen molar-refractivity contribution in [3.63, 3.8) is 0 Å². The van der Waals surface area contributed by atoms with E-state index in [9.17, 15) is 0 Å². The van der Waals surface area contributed by atoms with Crippen LogP contribution in [0.3, 0.4) is 0 Å². The minimum Gasteiger partial charge on any atom is -0.304 e. The van der Waals surface area contributed by atoms with Crippen LogP contribution in [-0.2, 0) is 6.54 Å². The van der Waals surface area contributed by atoms with Crippen molar-refractivity contribution in [1.82, 2.24) is 19.8 Å². The molecule has 1 aromatic rings. The molecule has 0 bridgehead atoms. The predicted octanol–water partition coefficient (Wildman–Crippen LogP) is 1.15. The Kier molecular flexibility index (Phi) is 3.74. The van der Waals surface area contributed by atoms with Gasteiger partial charge in [-0.25, -0.2) is 0 Å². The summed E-state index contributed by atoms with van der Waals surface area (Å²) in [6.07, 6.45) is 0. The Bertz CT molecular complexity index is 395. The molecular weight excluding hydrogens is 212 g/mol. The topological polar surface area (TPSA) is 32.3 Å². The average molecular weight is 234 g/mol. The molecule has 4 nitrogen and oxygen atoms in total. The van der Waals surface area contributed by atoms with Gasteiger partial charge in [-0.05, 0) is 27.8 Å². The summed E-state index contributed by atoms with van der Waals surface area (Å²) in [6, 6.07) is 0. The number of likely N-dealkylation sites (N-methyl/N-ethyl adjacent to an activating group) is 1. The van der Waals surface area contributed by atoms with Gasteiger partial charge in [0.1, 0.15) is 0 Å². The van der Waals surface area contributed by atoms with Crippen molar-refractivity contribution in [3.05, 3.63) is 22.8 Å². The molecule has 1 aromatic heterocycles. The van der Waals surface area contributed by atoms with E-state index in [1.807, 2.05) is 13.8 Å². The highest BCUT2D eigenvalue weighted by Crippen LogP contribution is 2.11. The van der Waals surface area contributed by atoms with Crippen LogP contribution >= 0.6 is 0 Å². The van der Waals surface area contributed by atoms with Crippen LogP contribution in [0.2, 0.25) is 0 Å². The average Bonchev–Trinajstić information content (AvgIpc) is 2.29. The highest BCUT2D eigenvalue weighted by molar-refractivity contribution is 5.17. The Morgan fingerprint density at radius 1 is 0.882 bits per heavy atom. The van der Waals surface area contributed by atoms with Crippen molar-refractivity contribution in [1.29, 1.82) is 0 Å². The summed E-state index contributed by atoms with van der Waals surface area (Å²) in [5, 5.41) is 0. The van der Waals surface area contributed by atoms with Crippen LogP contribution in [0.25, 0.3) is 0 Å². The van der Waals surface area contributed by atoms with Gasteiger partial charge in [-0.3, -0.25) is 14.9 Å². The quantitative estimate of drug-likeness (QED) is 0.768. The molecule has 17 heavy (non-hydrogen) atoms. The fraction of sp³-hybridized carbons (Fsp3) is 0.692. The molecule has 0 radical (unpaired) electrons. The van der Waals surface area contributed by atoms with Crippen molar-refractivity contribution >= 4 is 0 Å². The van der Waals surface area contributed by atoms with Crippen molar-refractivity contribution < 1.29 is 0 Å². The van der Waals surface area contributed by atoms with Gasteiger partial charge in [-0.1, -0.05) is 0 Å². The van der Waals surface area contributed by atoms with Gasteiger partial charge < -0.3 is 4.90 Å². The largest absolute Gasteiger partial charge is 0.304 e. The van der Waals surface area contributed by atoms with Gasteiger partial charge in [0.2, 0.25) is 0 Å². The van der Waals surface area contributed by atoms with E-state index in [2.05, 4.69) is 33.7 Å². The Morgan fingerprint density at radius 3 is 2.12 bits per heavy atom. The first kappa shape index (κ1) is 12.5. The maximum absolute atomic E-state index is 4.67. The summed E-state index contributed by atoms with van der Waals surface area (Å²) in [6.45, 7) is 11.6. The van der Waals surface area contributed by atoms with E-state index in [4.69, 9.17) is 0 Å². The third-order valence-corrected chi connectivity index (χ3v) is 3.55. The normalized spacial score (nSPS) is 18.6. The zero-order valence-electron chi connectivity index (χ0n) is 11.3. The van der Waals surface area contributed by atoms with E-state index in [1.165, 1.54) is 0 Å². The first-order valence-electron chi connectivity index (χ1n) is 6.28. The van der Waals surface area contributed by atoms with Crippen molar-refractivity contribution in [2.75, 3.05) is 33.2 Å². The fourth-order valence-corrected chi connectivity index (χ4v) is 2.13. The number of nitrogens with zero attached hydrogens (tertiary/aromatic N) is 4. The number of aryl methyl sites for hydroxylation is 3. The van der Waals surface area contributed by atoms with Gasteiger partial charge in [0.05, 0.1) is 22.8 Å². The van der Waals surface area contributed by atoms with Crippen LogP contribution in [-0.4, -0.2) is 53.0 Å². The third kappa shape index (κ3) is 3.01. The van der Waals surface area contributed by atoms with Gasteiger partial charge in [0, 0.05) is 32.7 Å². The van der Waals surface area contributed by atoms with E-state index in [-0.39, 0.29) is 0 Å². The zero-order chi connectivity index (χ0) is 12.4. The first-order chi connectivity index (χ1) is 8.06. The van der Waals surface area contributed by atoms with Gasteiger partial charge in [-0.2, -0.15) is 0 Å². The smallest absolute Gasteiger partial charge is 0.0759 e. The zero-order valence-corrected chi connectivity index (χ0v) is 11.3. The predicted molar refractivity (Wildman–Crippen MR) is 69.0 cm³/mol. The molecule has 1 aliphatic heterocycles. The molecule has 0 aliphatic carbocycles. The number of rotatable bonds is 2. The molecule has 1 aliphatic rings. The molecule has 0 atom stereocenters. The second-order valence-corrected chi connectivity index (χ2v) is 5.01. The Balaban J connectivity index is 2.06. The third-order valence-electron chi connectivity index (χ3n) is 3.55. The first-order valence-corrected chi connectivity index (χ1v) is 6.28. The SMILES string of the molecule is Cc1nc(C)c(CN2CCN(C)CC2)nc1C. The lowest BCUT2D eigenvalue weighted by molar-refractivity contribution is 0.146. The molecule has 0 unspecified atom stereocenters. The highest BCUT2D eigenvalue weighted by Gasteiger charge is 2.16. The molecule has 0 amide bonds. The molecule has 0 N–H and O–H groups in total. The lowest BCUT2D eigenvalue weighted by atomic mass is 10.2. The molecule has 2 heterocycles. The number of aromatic nitrogens is 2. The molecule has 4 heteroatoms. The standard InChI is InChI=1S/C13H22N4/c1-10-11(2)15-13(12(3)14-10)9-17-7-5-16(4)6-8-17/h5-9H2,1-4H3. The lowest BCUT2D eigenvalue weighted by Gasteiger charge is -2.32. The minimum absolute atomic E-state index is 0.938. The minimum atomic E-state index is 0.938. The second-order valence-electron chi connectivity index (χ2n) is 5.01. The van der Waals surface area contributed by atoms with Crippen LogP contribution in [0.15, 0.2) is 0 Å². The van der Waals surface area contributed by atoms with Crippen molar-refractivity contribution in [2.24, 2.45) is 0 Å². The van der Waals surface area contributed by atoms with Crippen LogP contribution in [0.1, 0.15) is 22.8 Å². The van der Waals surface area contributed by atoms with E-state index in [1.54, 1.807) is 0 Å².